The molecular formula is C40H37F6N3O10S. The molecule has 2 heterocycles. The molecule has 0 spiro atoms. The predicted molar refractivity (Wildman–Crippen MR) is 201 cm³/mol. The fourth-order valence-electron chi connectivity index (χ4n) is 5.84. The third-order valence-electron chi connectivity index (χ3n) is 9.22. The highest BCUT2D eigenvalue weighted by atomic mass is 32.2. The largest absolute Gasteiger partial charge is 0.489 e. The molecule has 0 aliphatic heterocycles. The molecule has 60 heavy (non-hydrogen) atoms. The molecule has 320 valence electrons. The summed E-state index contributed by atoms with van der Waals surface area (Å²) in [6.45, 7) is 3.63. The van der Waals surface area contributed by atoms with Gasteiger partial charge < -0.3 is 18.7 Å². The highest BCUT2D eigenvalue weighted by Crippen LogP contribution is 2.42. The fraction of sp³-hybridized carbons (Fsp3) is 0.325. The number of hydrogen-bond acceptors (Lipinski definition) is 11. The number of ether oxygens (including phenoxy) is 3. The molecule has 0 saturated heterocycles. The first kappa shape index (κ1) is 44.9. The number of rotatable bonds is 12. The normalized spacial score (nSPS) is 13.5. The van der Waals surface area contributed by atoms with Crippen LogP contribution in [0.15, 0.2) is 91.9 Å². The van der Waals surface area contributed by atoms with Crippen LogP contribution in [0.3, 0.4) is 0 Å². The van der Waals surface area contributed by atoms with E-state index in [1.165, 1.54) is 37.6 Å². The van der Waals surface area contributed by atoms with Crippen LogP contribution >= 0.6 is 0 Å². The van der Waals surface area contributed by atoms with Gasteiger partial charge in [-0.25, -0.2) is 22.6 Å². The maximum absolute atomic E-state index is 13.1. The van der Waals surface area contributed by atoms with Gasteiger partial charge in [-0.1, -0.05) is 24.2 Å². The Balaban J connectivity index is 0.000000246. The highest BCUT2D eigenvalue weighted by molar-refractivity contribution is 7.90. The zero-order chi connectivity index (χ0) is 44.3. The molecule has 2 aromatic heterocycles. The van der Waals surface area contributed by atoms with Crippen LogP contribution in [0.1, 0.15) is 76.7 Å². The second kappa shape index (κ2) is 17.6. The number of halogens is 6. The van der Waals surface area contributed by atoms with E-state index in [0.29, 0.717) is 50.2 Å². The van der Waals surface area contributed by atoms with Gasteiger partial charge >= 0.3 is 24.0 Å². The summed E-state index contributed by atoms with van der Waals surface area (Å²) in [5.74, 6) is -0.0102. The van der Waals surface area contributed by atoms with Crippen molar-refractivity contribution in [3.05, 3.63) is 133 Å². The Morgan fingerprint density at radius 3 is 2.17 bits per heavy atom. The zero-order valence-electron chi connectivity index (χ0n) is 32.5. The van der Waals surface area contributed by atoms with Gasteiger partial charge in [0.1, 0.15) is 23.8 Å². The quantitative estimate of drug-likeness (QED) is 0.0732. The molecule has 1 atom stereocenters. The topological polar surface area (TPSA) is 166 Å². The lowest BCUT2D eigenvalue weighted by Crippen LogP contribution is -2.40. The number of esters is 1. The van der Waals surface area contributed by atoms with E-state index in [0.717, 1.165) is 44.2 Å². The molecule has 0 radical (unpaired) electrons. The average Bonchev–Trinajstić information content (AvgIpc) is 3.92. The summed E-state index contributed by atoms with van der Waals surface area (Å²) in [7, 11) is -1.82. The molecule has 20 heteroatoms. The van der Waals surface area contributed by atoms with Gasteiger partial charge in [0.25, 0.3) is 5.56 Å². The predicted octanol–water partition coefficient (Wildman–Crippen LogP) is 6.84. The first-order chi connectivity index (χ1) is 28.0. The molecule has 1 aliphatic carbocycles. The molecule has 6 rings (SSSR count). The second-order valence-electron chi connectivity index (χ2n) is 13.6. The van der Waals surface area contributed by atoms with Gasteiger partial charge in [0.2, 0.25) is 0 Å². The van der Waals surface area contributed by atoms with Crippen LogP contribution in [-0.4, -0.2) is 53.9 Å². The van der Waals surface area contributed by atoms with Gasteiger partial charge in [-0.15, -0.1) is 0 Å². The van der Waals surface area contributed by atoms with Gasteiger partial charge in [-0.2, -0.15) is 26.3 Å². The van der Waals surface area contributed by atoms with Crippen LogP contribution in [0.25, 0.3) is 5.69 Å². The Hall–Kier alpha value is -6.18. The summed E-state index contributed by atoms with van der Waals surface area (Å²) in [6, 6.07) is 13.7. The molecule has 13 nitrogen and oxygen atoms in total. The van der Waals surface area contributed by atoms with Crippen molar-refractivity contribution < 1.29 is 63.1 Å². The van der Waals surface area contributed by atoms with E-state index in [4.69, 9.17) is 18.7 Å². The number of ketones is 1. The van der Waals surface area contributed by atoms with E-state index in [1.54, 1.807) is 6.92 Å². The number of alkyl halides is 6. The number of nitrogens with zero attached hydrogens (tertiary/aromatic N) is 3. The minimum atomic E-state index is -4.84. The minimum Gasteiger partial charge on any atom is -0.489 e. The molecule has 1 unspecified atom stereocenters. The monoisotopic (exact) mass is 865 g/mol. The Kier molecular flexibility index (Phi) is 13.2. The van der Waals surface area contributed by atoms with Crippen molar-refractivity contribution in [3.63, 3.8) is 0 Å². The number of sulfone groups is 1. The Morgan fingerprint density at radius 1 is 0.933 bits per heavy atom. The SMILES string of the molecule is CCc1ccc(COc2ccc(-n3c(=O)cc(C(F)(F)F)n(C)c3=O)cc2)c(OC(C)C(=O)OC)c1.CS(=O)(=O)c1cc(C(F)(F)F)ccc1C(=O)c1cnoc1C1CC1. The van der Waals surface area contributed by atoms with Crippen molar-refractivity contribution >= 4 is 21.6 Å². The van der Waals surface area contributed by atoms with Crippen molar-refractivity contribution in [1.82, 2.24) is 14.3 Å². The van der Waals surface area contributed by atoms with Gasteiger partial charge in [-0.3, -0.25) is 14.2 Å². The highest BCUT2D eigenvalue weighted by Gasteiger charge is 2.37. The van der Waals surface area contributed by atoms with Crippen LogP contribution < -0.4 is 20.7 Å². The average molecular weight is 866 g/mol. The van der Waals surface area contributed by atoms with E-state index in [9.17, 15) is 53.9 Å². The van der Waals surface area contributed by atoms with Gasteiger partial charge in [0, 0.05) is 36.4 Å². The number of benzene rings is 3. The maximum atomic E-state index is 13.1. The zero-order valence-corrected chi connectivity index (χ0v) is 33.3. The molecule has 5 aromatic rings. The summed E-state index contributed by atoms with van der Waals surface area (Å²) >= 11 is 0. The maximum Gasteiger partial charge on any atom is 0.431 e. The molecule has 0 amide bonds. The van der Waals surface area contributed by atoms with Crippen molar-refractivity contribution in [2.75, 3.05) is 13.4 Å². The van der Waals surface area contributed by atoms with E-state index in [2.05, 4.69) is 5.16 Å². The lowest BCUT2D eigenvalue weighted by Gasteiger charge is -2.17. The number of carbonyl (C=O) groups is 2. The summed E-state index contributed by atoms with van der Waals surface area (Å²) in [5.41, 5.74) is -3.17. The van der Waals surface area contributed by atoms with E-state index < -0.39 is 67.4 Å². The van der Waals surface area contributed by atoms with Crippen molar-refractivity contribution in [1.29, 1.82) is 0 Å². The molecule has 3 aromatic carbocycles. The fourth-order valence-corrected chi connectivity index (χ4v) is 6.74. The molecular weight excluding hydrogens is 829 g/mol. The van der Waals surface area contributed by atoms with Crippen molar-refractivity contribution in [3.8, 4) is 17.2 Å². The van der Waals surface area contributed by atoms with Gasteiger partial charge in [0.05, 0.1) is 35.0 Å². The standard InChI is InChI=1S/C25H25F3N2O6.C15H12F3NO4S/c1-5-16-6-7-17(20(12-16)36-15(2)23(32)34-4)14-35-19-10-8-18(9-11-19)30-22(31)13-21(25(26,27)28)29(3)24(30)33;1-24(21,22)12-6-9(15(16,17)18)4-5-10(12)13(20)11-7-19-23-14(11)8-2-3-8/h6-13,15H,5,14H2,1-4H3;4-8H,2-3H2,1H3. The second-order valence-corrected chi connectivity index (χ2v) is 15.6. The van der Waals surface area contributed by atoms with Gasteiger partial charge in [-0.05, 0) is 80.3 Å². The van der Waals surface area contributed by atoms with Crippen LogP contribution in [-0.2, 0) is 51.8 Å². The van der Waals surface area contributed by atoms with E-state index in [1.807, 2.05) is 25.1 Å². The number of hydrogen-bond donors (Lipinski definition) is 0. The number of carbonyl (C=O) groups excluding carboxylic acids is 2. The molecule has 0 N–H and O–H groups in total. The third-order valence-corrected chi connectivity index (χ3v) is 10.4. The van der Waals surface area contributed by atoms with E-state index in [-0.39, 0.29) is 29.3 Å². The number of aromatic nitrogens is 3. The van der Waals surface area contributed by atoms with Crippen molar-refractivity contribution in [2.24, 2.45) is 7.05 Å². The van der Waals surface area contributed by atoms with Crippen LogP contribution in [0.4, 0.5) is 26.3 Å². The van der Waals surface area contributed by atoms with Crippen LogP contribution in [0.2, 0.25) is 0 Å². The van der Waals surface area contributed by atoms with E-state index >= 15 is 0 Å². The smallest absolute Gasteiger partial charge is 0.431 e. The minimum absolute atomic E-state index is 0.0441. The van der Waals surface area contributed by atoms with Crippen LogP contribution in [0.5, 0.6) is 11.5 Å². The Bertz CT molecular complexity index is 2630. The first-order valence-electron chi connectivity index (χ1n) is 18.0. The summed E-state index contributed by atoms with van der Waals surface area (Å²) < 4.78 is 124. The van der Waals surface area contributed by atoms with Crippen molar-refractivity contribution in [2.45, 2.75) is 69.0 Å². The van der Waals surface area contributed by atoms with Crippen LogP contribution in [0, 0.1) is 0 Å². The molecule has 0 bridgehead atoms. The summed E-state index contributed by atoms with van der Waals surface area (Å²) in [4.78, 5) is 48.5. The first-order valence-corrected chi connectivity index (χ1v) is 19.8. The number of methoxy groups -OCH3 is 1. The third kappa shape index (κ3) is 10.3. The Labute approximate surface area is 338 Å². The summed E-state index contributed by atoms with van der Waals surface area (Å²) in [5, 5.41) is 3.55. The Morgan fingerprint density at radius 2 is 1.60 bits per heavy atom. The number of aryl methyl sites for hydroxylation is 1. The molecule has 1 saturated carbocycles. The molecule has 1 fully saturated rings. The lowest BCUT2D eigenvalue weighted by molar-refractivity contribution is -0.148. The molecule has 1 aliphatic rings. The lowest BCUT2D eigenvalue weighted by atomic mass is 10.0. The van der Waals surface area contributed by atoms with Gasteiger partial charge in [0.15, 0.2) is 27.5 Å². The summed E-state index contributed by atoms with van der Waals surface area (Å²) in [6.07, 6.45) is -6.05.